The number of hydrogen-bond acceptors (Lipinski definition) is 5. The molecule has 6 heteroatoms. The monoisotopic (exact) mass is 325 g/mol. The van der Waals surface area contributed by atoms with Crippen LogP contribution in [-0.2, 0) is 14.3 Å². The summed E-state index contributed by atoms with van der Waals surface area (Å²) < 4.78 is 4.95. The predicted molar refractivity (Wildman–Crippen MR) is 92.4 cm³/mol. The van der Waals surface area contributed by atoms with Crippen LogP contribution in [0.2, 0.25) is 0 Å². The molecule has 0 spiro atoms. The van der Waals surface area contributed by atoms with E-state index in [1.807, 2.05) is 19.1 Å². The van der Waals surface area contributed by atoms with E-state index < -0.39 is 11.9 Å². The second-order valence-electron chi connectivity index (χ2n) is 4.98. The van der Waals surface area contributed by atoms with Crippen molar-refractivity contribution in [1.29, 1.82) is 0 Å². The molecule has 2 N–H and O–H groups in total. The summed E-state index contributed by atoms with van der Waals surface area (Å²) in [6.45, 7) is 3.82. The van der Waals surface area contributed by atoms with E-state index in [2.05, 4.69) is 15.6 Å². The molecular formula is C18H19N3O3. The van der Waals surface area contributed by atoms with Gasteiger partial charge in [-0.2, -0.15) is 0 Å². The van der Waals surface area contributed by atoms with E-state index in [0.717, 1.165) is 5.56 Å². The maximum absolute atomic E-state index is 12.4. The maximum Gasteiger partial charge on any atom is 0.345 e. The molecule has 1 aromatic carbocycles. The van der Waals surface area contributed by atoms with Crippen molar-refractivity contribution >= 4 is 23.3 Å². The molecule has 0 unspecified atom stereocenters. The van der Waals surface area contributed by atoms with Crippen LogP contribution in [-0.4, -0.2) is 23.5 Å². The maximum atomic E-state index is 12.4. The minimum Gasteiger partial charge on any atom is -0.462 e. The molecule has 1 amide bonds. The second-order valence-corrected chi connectivity index (χ2v) is 4.98. The lowest BCUT2D eigenvalue weighted by Crippen LogP contribution is -2.23. The highest BCUT2D eigenvalue weighted by molar-refractivity contribution is 6.21. The van der Waals surface area contributed by atoms with Crippen LogP contribution in [0.4, 0.5) is 11.4 Å². The molecule has 0 aliphatic heterocycles. The smallest absolute Gasteiger partial charge is 0.345 e. The molecule has 0 atom stereocenters. The summed E-state index contributed by atoms with van der Waals surface area (Å²) >= 11 is 0. The van der Waals surface area contributed by atoms with Gasteiger partial charge in [-0.15, -0.1) is 0 Å². The first-order valence-electron chi connectivity index (χ1n) is 7.52. The standard InChI is InChI=1S/C18H19N3O3/c1-3-24-18(23)16(12-20-14-8-10-19-11-9-14)17(22)21-15-6-4-13(2)5-7-15/h4-12H,3H2,1-2H3,(H,19,20)(H,21,22)/b16-12+. The summed E-state index contributed by atoms with van der Waals surface area (Å²) in [6, 6.07) is 10.7. The van der Waals surface area contributed by atoms with Crippen molar-refractivity contribution in [3.8, 4) is 0 Å². The Hall–Kier alpha value is -3.15. The number of pyridine rings is 1. The average Bonchev–Trinajstić information content (AvgIpc) is 2.58. The molecule has 0 radical (unpaired) electrons. The lowest BCUT2D eigenvalue weighted by molar-refractivity contribution is -0.139. The SMILES string of the molecule is CCOC(=O)/C(=C/Nc1ccncc1)C(=O)Nc1ccc(C)cc1. The van der Waals surface area contributed by atoms with E-state index in [1.165, 1.54) is 6.20 Å². The Balaban J connectivity index is 2.16. The topological polar surface area (TPSA) is 80.3 Å². The van der Waals surface area contributed by atoms with Crippen molar-refractivity contribution in [3.05, 3.63) is 66.1 Å². The summed E-state index contributed by atoms with van der Waals surface area (Å²) in [7, 11) is 0. The highest BCUT2D eigenvalue weighted by Crippen LogP contribution is 2.12. The quantitative estimate of drug-likeness (QED) is 0.369. The lowest BCUT2D eigenvalue weighted by Gasteiger charge is -2.09. The molecule has 0 aliphatic carbocycles. The summed E-state index contributed by atoms with van der Waals surface area (Å²) in [5.41, 5.74) is 2.27. The number of ether oxygens (including phenoxy) is 1. The van der Waals surface area contributed by atoms with Crippen LogP contribution in [0.1, 0.15) is 12.5 Å². The van der Waals surface area contributed by atoms with Crippen LogP contribution < -0.4 is 10.6 Å². The number of amides is 1. The highest BCUT2D eigenvalue weighted by atomic mass is 16.5. The Labute approximate surface area is 140 Å². The van der Waals surface area contributed by atoms with Gasteiger partial charge < -0.3 is 15.4 Å². The molecule has 2 aromatic rings. The van der Waals surface area contributed by atoms with Crippen molar-refractivity contribution in [2.45, 2.75) is 13.8 Å². The molecule has 0 aliphatic rings. The van der Waals surface area contributed by atoms with Gasteiger partial charge in [0.15, 0.2) is 0 Å². The largest absolute Gasteiger partial charge is 0.462 e. The van der Waals surface area contributed by atoms with Gasteiger partial charge in [-0.25, -0.2) is 4.79 Å². The molecule has 6 nitrogen and oxygen atoms in total. The summed E-state index contributed by atoms with van der Waals surface area (Å²) in [6.07, 6.45) is 4.54. The van der Waals surface area contributed by atoms with Gasteiger partial charge in [-0.1, -0.05) is 17.7 Å². The molecule has 0 saturated carbocycles. The molecule has 2 rings (SSSR count). The fourth-order valence-electron chi connectivity index (χ4n) is 1.86. The van der Waals surface area contributed by atoms with Gasteiger partial charge in [0.1, 0.15) is 5.57 Å². The van der Waals surface area contributed by atoms with Crippen LogP contribution >= 0.6 is 0 Å². The van der Waals surface area contributed by atoms with Crippen molar-refractivity contribution in [3.63, 3.8) is 0 Å². The van der Waals surface area contributed by atoms with E-state index in [1.54, 1.807) is 43.6 Å². The fraction of sp³-hybridized carbons (Fsp3) is 0.167. The minimum atomic E-state index is -0.691. The number of nitrogens with one attached hydrogen (secondary N) is 2. The van der Waals surface area contributed by atoms with Gasteiger partial charge in [0.25, 0.3) is 5.91 Å². The van der Waals surface area contributed by atoms with Crippen LogP contribution in [0.5, 0.6) is 0 Å². The molecule has 24 heavy (non-hydrogen) atoms. The van der Waals surface area contributed by atoms with E-state index in [0.29, 0.717) is 11.4 Å². The molecular weight excluding hydrogens is 306 g/mol. The number of benzene rings is 1. The summed E-state index contributed by atoms with van der Waals surface area (Å²) in [5.74, 6) is -1.23. The van der Waals surface area contributed by atoms with Crippen molar-refractivity contribution in [1.82, 2.24) is 4.98 Å². The average molecular weight is 325 g/mol. The number of anilines is 2. The number of esters is 1. The highest BCUT2D eigenvalue weighted by Gasteiger charge is 2.19. The number of nitrogens with zero attached hydrogens (tertiary/aromatic N) is 1. The molecule has 1 heterocycles. The number of carbonyl (C=O) groups is 2. The third kappa shape index (κ3) is 4.95. The van der Waals surface area contributed by atoms with Crippen LogP contribution in [0.25, 0.3) is 0 Å². The van der Waals surface area contributed by atoms with Crippen molar-refractivity contribution < 1.29 is 14.3 Å². The Morgan fingerprint density at radius 1 is 1.08 bits per heavy atom. The second kappa shape index (κ2) is 8.47. The zero-order valence-corrected chi connectivity index (χ0v) is 13.6. The molecule has 0 bridgehead atoms. The number of hydrogen-bond donors (Lipinski definition) is 2. The Morgan fingerprint density at radius 3 is 2.38 bits per heavy atom. The zero-order valence-electron chi connectivity index (χ0n) is 13.6. The minimum absolute atomic E-state index is 0.116. The van der Waals surface area contributed by atoms with Crippen LogP contribution in [0.15, 0.2) is 60.6 Å². The van der Waals surface area contributed by atoms with Gasteiger partial charge in [0.05, 0.1) is 6.61 Å². The number of aromatic nitrogens is 1. The molecule has 0 saturated heterocycles. The van der Waals surface area contributed by atoms with Crippen LogP contribution in [0, 0.1) is 6.92 Å². The Kier molecular flexibility index (Phi) is 6.08. The third-order valence-electron chi connectivity index (χ3n) is 3.11. The first-order chi connectivity index (χ1) is 11.6. The summed E-state index contributed by atoms with van der Waals surface area (Å²) in [5, 5.41) is 5.58. The van der Waals surface area contributed by atoms with E-state index >= 15 is 0 Å². The summed E-state index contributed by atoms with van der Waals surface area (Å²) in [4.78, 5) is 28.4. The van der Waals surface area contributed by atoms with Crippen LogP contribution in [0.3, 0.4) is 0 Å². The Morgan fingerprint density at radius 2 is 1.75 bits per heavy atom. The molecule has 124 valence electrons. The molecule has 1 aromatic heterocycles. The van der Waals surface area contributed by atoms with Gasteiger partial charge in [0, 0.05) is 30.0 Å². The fourth-order valence-corrected chi connectivity index (χ4v) is 1.86. The van der Waals surface area contributed by atoms with E-state index in [9.17, 15) is 9.59 Å². The van der Waals surface area contributed by atoms with Gasteiger partial charge >= 0.3 is 5.97 Å². The van der Waals surface area contributed by atoms with E-state index in [4.69, 9.17) is 4.74 Å². The van der Waals surface area contributed by atoms with E-state index in [-0.39, 0.29) is 12.2 Å². The molecule has 0 fully saturated rings. The normalized spacial score (nSPS) is 10.8. The van der Waals surface area contributed by atoms with Gasteiger partial charge in [-0.05, 0) is 38.1 Å². The number of rotatable bonds is 6. The first-order valence-corrected chi connectivity index (χ1v) is 7.52. The first kappa shape index (κ1) is 17.2. The zero-order chi connectivity index (χ0) is 17.4. The van der Waals surface area contributed by atoms with Crippen molar-refractivity contribution in [2.75, 3.05) is 17.2 Å². The lowest BCUT2D eigenvalue weighted by atomic mass is 10.2. The third-order valence-corrected chi connectivity index (χ3v) is 3.11. The van der Waals surface area contributed by atoms with Gasteiger partial charge in [0.2, 0.25) is 0 Å². The number of aryl methyl sites for hydroxylation is 1. The number of carbonyl (C=O) groups excluding carboxylic acids is 2. The van der Waals surface area contributed by atoms with Gasteiger partial charge in [-0.3, -0.25) is 9.78 Å². The predicted octanol–water partition coefficient (Wildman–Crippen LogP) is 2.89. The Bertz CT molecular complexity index is 725. The van der Waals surface area contributed by atoms with Crippen molar-refractivity contribution in [2.24, 2.45) is 0 Å².